The second-order valence-electron chi connectivity index (χ2n) is 5.66. The molecule has 1 aromatic rings. The number of amides is 1. The average Bonchev–Trinajstić information content (AvgIpc) is 2.48. The first-order valence-electron chi connectivity index (χ1n) is 7.41. The maximum absolute atomic E-state index is 10.9. The van der Waals surface area contributed by atoms with Crippen molar-refractivity contribution in [3.63, 3.8) is 0 Å². The molecule has 5 heteroatoms. The van der Waals surface area contributed by atoms with Crippen LogP contribution >= 0.6 is 0 Å². The van der Waals surface area contributed by atoms with Crippen molar-refractivity contribution in [3.05, 3.63) is 23.8 Å². The Bertz CT molecular complexity index is 482. The molecule has 0 aliphatic carbocycles. The Morgan fingerprint density at radius 1 is 1.43 bits per heavy atom. The van der Waals surface area contributed by atoms with Crippen LogP contribution < -0.4 is 10.1 Å². The molecular weight excluding hydrogens is 268 g/mol. The second-order valence-corrected chi connectivity index (χ2v) is 5.66. The first-order chi connectivity index (χ1) is 10.1. The number of phenols is 1. The van der Waals surface area contributed by atoms with Crippen LogP contribution in [0.1, 0.15) is 25.3 Å². The van der Waals surface area contributed by atoms with E-state index in [0.717, 1.165) is 44.6 Å². The second kappa shape index (κ2) is 7.31. The van der Waals surface area contributed by atoms with Gasteiger partial charge >= 0.3 is 0 Å². The minimum atomic E-state index is 0.0496. The topological polar surface area (TPSA) is 61.8 Å². The molecule has 5 nitrogen and oxygen atoms in total. The molecule has 0 unspecified atom stereocenters. The minimum absolute atomic E-state index is 0.0496. The van der Waals surface area contributed by atoms with Crippen molar-refractivity contribution in [2.75, 3.05) is 26.7 Å². The molecule has 0 bridgehead atoms. The molecule has 1 saturated heterocycles. The predicted molar refractivity (Wildman–Crippen MR) is 81.3 cm³/mol. The van der Waals surface area contributed by atoms with Gasteiger partial charge in [0.25, 0.3) is 0 Å². The molecule has 0 aromatic heterocycles. The lowest BCUT2D eigenvalue weighted by molar-refractivity contribution is -0.119. The molecular formula is C16H24N2O3. The fourth-order valence-electron chi connectivity index (χ4n) is 2.72. The third kappa shape index (κ3) is 4.63. The van der Waals surface area contributed by atoms with Crippen LogP contribution in [0.2, 0.25) is 0 Å². The number of nitrogens with one attached hydrogen (secondary N) is 1. The molecule has 1 aromatic carbocycles. The largest absolute Gasteiger partial charge is 0.504 e. The molecule has 21 heavy (non-hydrogen) atoms. The number of likely N-dealkylation sites (tertiary alicyclic amines) is 1. The van der Waals surface area contributed by atoms with Gasteiger partial charge in [0.2, 0.25) is 5.91 Å². The number of rotatable bonds is 5. The number of methoxy groups -OCH3 is 1. The summed E-state index contributed by atoms with van der Waals surface area (Å²) in [5.41, 5.74) is 1.14. The lowest BCUT2D eigenvalue weighted by atomic mass is 9.96. The van der Waals surface area contributed by atoms with Gasteiger partial charge in [-0.3, -0.25) is 9.69 Å². The third-order valence-corrected chi connectivity index (χ3v) is 4.00. The van der Waals surface area contributed by atoms with E-state index >= 15 is 0 Å². The predicted octanol–water partition coefficient (Wildman–Crippen LogP) is 1.75. The van der Waals surface area contributed by atoms with Crippen LogP contribution in [0.3, 0.4) is 0 Å². The third-order valence-electron chi connectivity index (χ3n) is 4.00. The van der Waals surface area contributed by atoms with Crippen molar-refractivity contribution in [2.45, 2.75) is 26.3 Å². The molecule has 2 rings (SSSR count). The van der Waals surface area contributed by atoms with Crippen molar-refractivity contribution in [1.29, 1.82) is 0 Å². The Balaban J connectivity index is 1.82. The summed E-state index contributed by atoms with van der Waals surface area (Å²) >= 11 is 0. The first-order valence-corrected chi connectivity index (χ1v) is 7.41. The lowest BCUT2D eigenvalue weighted by Gasteiger charge is -2.32. The molecule has 0 saturated carbocycles. The Kier molecular flexibility index (Phi) is 5.44. The normalized spacial score (nSPS) is 16.7. The van der Waals surface area contributed by atoms with E-state index in [9.17, 15) is 9.90 Å². The number of nitrogens with zero attached hydrogens (tertiary/aromatic N) is 1. The van der Waals surface area contributed by atoms with Crippen molar-refractivity contribution in [2.24, 2.45) is 5.92 Å². The minimum Gasteiger partial charge on any atom is -0.504 e. The number of ether oxygens (including phenoxy) is 1. The van der Waals surface area contributed by atoms with Crippen LogP contribution in [-0.2, 0) is 11.3 Å². The molecule has 1 aliphatic heterocycles. The molecule has 1 aliphatic rings. The summed E-state index contributed by atoms with van der Waals surface area (Å²) in [4.78, 5) is 13.3. The van der Waals surface area contributed by atoms with Gasteiger partial charge in [0.05, 0.1) is 7.11 Å². The van der Waals surface area contributed by atoms with E-state index in [1.54, 1.807) is 20.1 Å². The van der Waals surface area contributed by atoms with Crippen molar-refractivity contribution in [3.8, 4) is 11.5 Å². The monoisotopic (exact) mass is 292 g/mol. The fraction of sp³-hybridized carbons (Fsp3) is 0.562. The highest BCUT2D eigenvalue weighted by Crippen LogP contribution is 2.27. The van der Waals surface area contributed by atoms with E-state index in [1.165, 1.54) is 0 Å². The number of phenolic OH excluding ortho intramolecular Hbond substituents is 1. The Hall–Kier alpha value is -1.75. The van der Waals surface area contributed by atoms with Crippen LogP contribution in [-0.4, -0.2) is 42.7 Å². The fourth-order valence-corrected chi connectivity index (χ4v) is 2.72. The number of benzene rings is 1. The van der Waals surface area contributed by atoms with Crippen LogP contribution in [0.5, 0.6) is 11.5 Å². The van der Waals surface area contributed by atoms with Crippen molar-refractivity contribution < 1.29 is 14.6 Å². The summed E-state index contributed by atoms with van der Waals surface area (Å²) in [6.45, 7) is 5.29. The molecule has 1 fully saturated rings. The number of carbonyl (C=O) groups is 1. The molecule has 0 spiro atoms. The van der Waals surface area contributed by atoms with Gasteiger partial charge in [0, 0.05) is 20.0 Å². The zero-order valence-corrected chi connectivity index (χ0v) is 12.8. The number of aromatic hydroxyl groups is 1. The van der Waals surface area contributed by atoms with E-state index in [1.807, 2.05) is 12.1 Å². The highest BCUT2D eigenvalue weighted by Gasteiger charge is 2.19. The summed E-state index contributed by atoms with van der Waals surface area (Å²) in [7, 11) is 1.56. The standard InChI is InChI=1S/C16H24N2O3/c1-12(19)17-10-13-5-7-18(8-6-13)11-14-3-4-15(20)16(9-14)21-2/h3-4,9,13,20H,5-8,10-11H2,1-2H3,(H,17,19). The number of hydrogen-bond acceptors (Lipinski definition) is 4. The van der Waals surface area contributed by atoms with Gasteiger partial charge in [0.15, 0.2) is 11.5 Å². The van der Waals surface area contributed by atoms with Crippen LogP contribution in [0.25, 0.3) is 0 Å². The maximum atomic E-state index is 10.9. The van der Waals surface area contributed by atoms with Crippen LogP contribution in [0, 0.1) is 5.92 Å². The van der Waals surface area contributed by atoms with Gasteiger partial charge in [-0.25, -0.2) is 0 Å². The lowest BCUT2D eigenvalue weighted by Crippen LogP contribution is -2.37. The van der Waals surface area contributed by atoms with Crippen LogP contribution in [0.15, 0.2) is 18.2 Å². The highest BCUT2D eigenvalue weighted by molar-refractivity contribution is 5.72. The summed E-state index contributed by atoms with van der Waals surface area (Å²) in [6, 6.07) is 5.50. The van der Waals surface area contributed by atoms with Gasteiger partial charge in [-0.1, -0.05) is 6.07 Å². The van der Waals surface area contributed by atoms with Crippen molar-refractivity contribution >= 4 is 5.91 Å². The van der Waals surface area contributed by atoms with E-state index in [4.69, 9.17) is 4.74 Å². The molecule has 0 radical (unpaired) electrons. The van der Waals surface area contributed by atoms with Gasteiger partial charge in [-0.15, -0.1) is 0 Å². The summed E-state index contributed by atoms with van der Waals surface area (Å²) in [5.74, 6) is 1.33. The van der Waals surface area contributed by atoms with E-state index in [-0.39, 0.29) is 11.7 Å². The summed E-state index contributed by atoms with van der Waals surface area (Å²) < 4.78 is 5.14. The number of piperidine rings is 1. The Labute approximate surface area is 125 Å². The van der Waals surface area contributed by atoms with Gasteiger partial charge in [-0.05, 0) is 49.5 Å². The molecule has 2 N–H and O–H groups in total. The molecule has 116 valence electrons. The van der Waals surface area contributed by atoms with Gasteiger partial charge in [0.1, 0.15) is 0 Å². The zero-order chi connectivity index (χ0) is 15.2. The average molecular weight is 292 g/mol. The summed E-state index contributed by atoms with van der Waals surface area (Å²) in [5, 5.41) is 12.5. The van der Waals surface area contributed by atoms with E-state index in [2.05, 4.69) is 10.2 Å². The number of hydrogen-bond donors (Lipinski definition) is 2. The Morgan fingerprint density at radius 3 is 2.76 bits per heavy atom. The van der Waals surface area contributed by atoms with Crippen LogP contribution in [0.4, 0.5) is 0 Å². The smallest absolute Gasteiger partial charge is 0.216 e. The Morgan fingerprint density at radius 2 is 2.14 bits per heavy atom. The maximum Gasteiger partial charge on any atom is 0.216 e. The summed E-state index contributed by atoms with van der Waals surface area (Å²) in [6.07, 6.45) is 2.21. The quantitative estimate of drug-likeness (QED) is 0.868. The first kappa shape index (κ1) is 15.6. The molecule has 1 heterocycles. The van der Waals surface area contributed by atoms with E-state index in [0.29, 0.717) is 11.7 Å². The highest BCUT2D eigenvalue weighted by atomic mass is 16.5. The molecule has 0 atom stereocenters. The van der Waals surface area contributed by atoms with E-state index < -0.39 is 0 Å². The number of carbonyl (C=O) groups excluding carboxylic acids is 1. The zero-order valence-electron chi connectivity index (χ0n) is 12.8. The molecule has 1 amide bonds. The van der Waals surface area contributed by atoms with Gasteiger partial charge in [-0.2, -0.15) is 0 Å². The SMILES string of the molecule is COc1cc(CN2CCC(CNC(C)=O)CC2)ccc1O. The van der Waals surface area contributed by atoms with Gasteiger partial charge < -0.3 is 15.2 Å². The van der Waals surface area contributed by atoms with Crippen molar-refractivity contribution in [1.82, 2.24) is 10.2 Å².